The number of aliphatic hydroxyl groups excluding tert-OH is 2. The van der Waals surface area contributed by atoms with Crippen LogP contribution in [-0.2, 0) is 14.3 Å². The molecule has 0 saturated carbocycles. The van der Waals surface area contributed by atoms with Crippen molar-refractivity contribution in [2.24, 2.45) is 5.41 Å². The molecule has 0 fully saturated rings. The average Bonchev–Trinajstić information content (AvgIpc) is 2.44. The van der Waals surface area contributed by atoms with Gasteiger partial charge in [0.25, 0.3) is 0 Å². The summed E-state index contributed by atoms with van der Waals surface area (Å²) in [4.78, 5) is 21.0. The lowest BCUT2D eigenvalue weighted by molar-refractivity contribution is -0.305. The zero-order valence-electron chi connectivity index (χ0n) is 13.4. The zero-order valence-corrected chi connectivity index (χ0v) is 13.4. The molecule has 0 atom stereocenters. The highest BCUT2D eigenvalue weighted by Gasteiger charge is 2.13. The molecule has 0 amide bonds. The molecular weight excluding hydrogens is 276 g/mol. The smallest absolute Gasteiger partial charge is 0.305 e. The Morgan fingerprint density at radius 2 is 1.57 bits per heavy atom. The summed E-state index contributed by atoms with van der Waals surface area (Å²) in [5.74, 6) is -1.30. The molecule has 0 aromatic rings. The molecule has 0 rings (SSSR count). The quantitative estimate of drug-likeness (QED) is 0.453. The van der Waals surface area contributed by atoms with Crippen molar-refractivity contribution in [2.75, 3.05) is 19.8 Å². The first-order valence-corrected chi connectivity index (χ1v) is 7.36. The SMILES string of the molecule is CC(C)(CO)CO.CCCCOC(=O)CCCCC(=O)[O-]. The van der Waals surface area contributed by atoms with Gasteiger partial charge < -0.3 is 24.9 Å². The molecule has 0 spiro atoms. The number of ether oxygens (including phenoxy) is 1. The number of aliphatic hydroxyl groups is 2. The average molecular weight is 305 g/mol. The fraction of sp³-hybridized carbons (Fsp3) is 0.867. The fourth-order valence-electron chi connectivity index (χ4n) is 0.991. The van der Waals surface area contributed by atoms with E-state index >= 15 is 0 Å². The van der Waals surface area contributed by atoms with Gasteiger partial charge in [-0.15, -0.1) is 0 Å². The third-order valence-electron chi connectivity index (χ3n) is 2.63. The summed E-state index contributed by atoms with van der Waals surface area (Å²) in [6.45, 7) is 6.18. The van der Waals surface area contributed by atoms with E-state index in [1.807, 2.05) is 6.92 Å². The minimum atomic E-state index is -1.07. The number of hydrogen-bond acceptors (Lipinski definition) is 6. The molecule has 0 aromatic heterocycles. The van der Waals surface area contributed by atoms with Crippen molar-refractivity contribution in [3.05, 3.63) is 0 Å². The second-order valence-electron chi connectivity index (χ2n) is 5.63. The van der Waals surface area contributed by atoms with E-state index in [2.05, 4.69) is 0 Å². The number of aliphatic carboxylic acids is 1. The summed E-state index contributed by atoms with van der Waals surface area (Å²) in [5, 5.41) is 26.9. The second kappa shape index (κ2) is 13.8. The Morgan fingerprint density at radius 1 is 1.05 bits per heavy atom. The van der Waals surface area contributed by atoms with Gasteiger partial charge in [-0.05, 0) is 25.7 Å². The lowest BCUT2D eigenvalue weighted by Gasteiger charge is -2.16. The van der Waals surface area contributed by atoms with Crippen LogP contribution < -0.4 is 5.11 Å². The zero-order chi connectivity index (χ0) is 16.7. The molecule has 0 aliphatic carbocycles. The molecule has 0 radical (unpaired) electrons. The highest BCUT2D eigenvalue weighted by Crippen LogP contribution is 2.10. The Kier molecular flexibility index (Phi) is 14.6. The maximum Gasteiger partial charge on any atom is 0.305 e. The molecule has 6 heteroatoms. The summed E-state index contributed by atoms with van der Waals surface area (Å²) < 4.78 is 4.89. The van der Waals surface area contributed by atoms with Crippen molar-refractivity contribution >= 4 is 11.9 Å². The Hall–Kier alpha value is -1.14. The molecular formula is C15H29O6-. The van der Waals surface area contributed by atoms with Gasteiger partial charge in [0.2, 0.25) is 0 Å². The van der Waals surface area contributed by atoms with Crippen LogP contribution >= 0.6 is 0 Å². The first-order valence-electron chi connectivity index (χ1n) is 7.36. The summed E-state index contributed by atoms with van der Waals surface area (Å²) in [6.07, 6.45) is 3.23. The molecule has 0 aliphatic heterocycles. The topological polar surface area (TPSA) is 107 Å². The Balaban J connectivity index is 0. The molecule has 0 unspecified atom stereocenters. The first kappa shape index (κ1) is 22.1. The Morgan fingerprint density at radius 3 is 1.95 bits per heavy atom. The molecule has 0 saturated heterocycles. The van der Waals surface area contributed by atoms with Crippen molar-refractivity contribution in [1.29, 1.82) is 0 Å². The molecule has 0 bridgehead atoms. The van der Waals surface area contributed by atoms with Gasteiger partial charge in [0.15, 0.2) is 0 Å². The second-order valence-corrected chi connectivity index (χ2v) is 5.63. The number of unbranched alkanes of at least 4 members (excludes halogenated alkanes) is 2. The maximum atomic E-state index is 11.0. The number of carbonyl (C=O) groups excluding carboxylic acids is 2. The van der Waals surface area contributed by atoms with Crippen LogP contribution in [0.2, 0.25) is 0 Å². The van der Waals surface area contributed by atoms with Crippen LogP contribution in [0.15, 0.2) is 0 Å². The number of esters is 1. The summed E-state index contributed by atoms with van der Waals surface area (Å²) >= 11 is 0. The van der Waals surface area contributed by atoms with E-state index in [9.17, 15) is 14.7 Å². The first-order chi connectivity index (χ1) is 9.79. The maximum absolute atomic E-state index is 11.0. The van der Waals surface area contributed by atoms with Crippen LogP contribution in [0, 0.1) is 5.41 Å². The fourth-order valence-corrected chi connectivity index (χ4v) is 0.991. The number of rotatable bonds is 10. The van der Waals surface area contributed by atoms with Gasteiger partial charge in [-0.2, -0.15) is 0 Å². The molecule has 6 nitrogen and oxygen atoms in total. The Bertz CT molecular complexity index is 269. The lowest BCUT2D eigenvalue weighted by Crippen LogP contribution is -2.21. The van der Waals surface area contributed by atoms with Crippen LogP contribution in [0.5, 0.6) is 0 Å². The number of carbonyl (C=O) groups is 2. The molecule has 0 heterocycles. The van der Waals surface area contributed by atoms with Crippen LogP contribution in [0.4, 0.5) is 0 Å². The minimum absolute atomic E-state index is 0.0161. The predicted octanol–water partition coefficient (Wildman–Crippen LogP) is 0.637. The van der Waals surface area contributed by atoms with E-state index in [0.29, 0.717) is 25.9 Å². The molecule has 2 N–H and O–H groups in total. The van der Waals surface area contributed by atoms with Crippen LogP contribution in [0.3, 0.4) is 0 Å². The summed E-state index contributed by atoms with van der Waals surface area (Å²) in [7, 11) is 0. The molecule has 0 aliphatic rings. The largest absolute Gasteiger partial charge is 0.550 e. The van der Waals surface area contributed by atoms with Crippen molar-refractivity contribution in [3.8, 4) is 0 Å². The van der Waals surface area contributed by atoms with E-state index < -0.39 is 5.97 Å². The van der Waals surface area contributed by atoms with Gasteiger partial charge in [-0.1, -0.05) is 27.2 Å². The van der Waals surface area contributed by atoms with E-state index in [0.717, 1.165) is 12.8 Å². The summed E-state index contributed by atoms with van der Waals surface area (Å²) in [6, 6.07) is 0. The van der Waals surface area contributed by atoms with Crippen LogP contribution in [0.25, 0.3) is 0 Å². The summed E-state index contributed by atoms with van der Waals surface area (Å²) in [5.41, 5.74) is -0.306. The molecule has 21 heavy (non-hydrogen) atoms. The van der Waals surface area contributed by atoms with Crippen molar-refractivity contribution in [3.63, 3.8) is 0 Å². The molecule has 126 valence electrons. The van der Waals surface area contributed by atoms with Gasteiger partial charge in [0.1, 0.15) is 0 Å². The normalized spacial score (nSPS) is 10.5. The van der Waals surface area contributed by atoms with E-state index in [1.165, 1.54) is 0 Å². The van der Waals surface area contributed by atoms with Gasteiger partial charge >= 0.3 is 5.97 Å². The number of hydrogen-bond donors (Lipinski definition) is 2. The third kappa shape index (κ3) is 18.9. The monoisotopic (exact) mass is 305 g/mol. The van der Waals surface area contributed by atoms with Gasteiger partial charge in [-0.3, -0.25) is 4.79 Å². The van der Waals surface area contributed by atoms with Crippen molar-refractivity contribution < 1.29 is 29.6 Å². The predicted molar refractivity (Wildman–Crippen MR) is 77.3 cm³/mol. The van der Waals surface area contributed by atoms with Gasteiger partial charge in [0, 0.05) is 17.8 Å². The highest BCUT2D eigenvalue weighted by molar-refractivity contribution is 5.69. The van der Waals surface area contributed by atoms with E-state index in [-0.39, 0.29) is 31.0 Å². The lowest BCUT2D eigenvalue weighted by atomic mass is 9.97. The Labute approximate surface area is 127 Å². The standard InChI is InChI=1S/C10H18O4.C5H12O2/c1-2-3-8-14-10(13)7-5-4-6-9(11)12;1-5(2,3-6)4-7/h2-8H2,1H3,(H,11,12);6-7H,3-4H2,1-2H3/p-1. The molecule has 0 aromatic carbocycles. The van der Waals surface area contributed by atoms with Crippen LogP contribution in [0.1, 0.15) is 59.3 Å². The van der Waals surface area contributed by atoms with E-state index in [1.54, 1.807) is 13.8 Å². The van der Waals surface area contributed by atoms with E-state index in [4.69, 9.17) is 14.9 Å². The minimum Gasteiger partial charge on any atom is -0.550 e. The highest BCUT2D eigenvalue weighted by atomic mass is 16.5. The van der Waals surface area contributed by atoms with Crippen LogP contribution in [-0.4, -0.2) is 42.0 Å². The number of carboxylic acid groups (broad SMARTS) is 1. The number of carboxylic acids is 1. The van der Waals surface area contributed by atoms with Crippen molar-refractivity contribution in [2.45, 2.75) is 59.3 Å². The van der Waals surface area contributed by atoms with Gasteiger partial charge in [0.05, 0.1) is 19.8 Å². The van der Waals surface area contributed by atoms with Crippen molar-refractivity contribution in [1.82, 2.24) is 0 Å². The third-order valence-corrected chi connectivity index (χ3v) is 2.63. The van der Waals surface area contributed by atoms with Gasteiger partial charge in [-0.25, -0.2) is 0 Å².